The Hall–Kier alpha value is -0.610. The Bertz CT molecular complexity index is 279. The summed E-state index contributed by atoms with van der Waals surface area (Å²) in [6.07, 6.45) is 4.81. The van der Waals surface area contributed by atoms with Gasteiger partial charge in [0.15, 0.2) is 0 Å². The summed E-state index contributed by atoms with van der Waals surface area (Å²) in [5.74, 6) is 0.776. The summed E-state index contributed by atoms with van der Waals surface area (Å²) < 4.78 is 0. The number of carbonyl (C=O) groups excluding carboxylic acids is 1. The normalized spacial score (nSPS) is 35.9. The lowest BCUT2D eigenvalue weighted by atomic mass is 9.84. The van der Waals surface area contributed by atoms with Gasteiger partial charge in [-0.1, -0.05) is 0 Å². The zero-order chi connectivity index (χ0) is 11.8. The molecule has 0 aromatic carbocycles. The molecule has 1 amide bonds. The van der Waals surface area contributed by atoms with Gasteiger partial charge in [-0.3, -0.25) is 4.79 Å². The molecular formula is C12H23N3O. The third-order valence-corrected chi connectivity index (χ3v) is 4.28. The molecule has 4 nitrogen and oxygen atoms in total. The van der Waals surface area contributed by atoms with Crippen LogP contribution >= 0.6 is 0 Å². The van der Waals surface area contributed by atoms with E-state index in [1.54, 1.807) is 6.92 Å². The van der Waals surface area contributed by atoms with Crippen molar-refractivity contribution in [1.29, 1.82) is 0 Å². The first-order valence-corrected chi connectivity index (χ1v) is 6.31. The minimum atomic E-state index is -0.359. The lowest BCUT2D eigenvalue weighted by Crippen LogP contribution is -2.41. The first-order chi connectivity index (χ1) is 7.56. The molecule has 2 aliphatic rings. The highest BCUT2D eigenvalue weighted by molar-refractivity contribution is 5.81. The van der Waals surface area contributed by atoms with E-state index < -0.39 is 0 Å². The number of nitrogens with zero attached hydrogens (tertiary/aromatic N) is 1. The maximum Gasteiger partial charge on any atom is 0.239 e. The van der Waals surface area contributed by atoms with Crippen LogP contribution in [0, 0.1) is 11.3 Å². The van der Waals surface area contributed by atoms with Gasteiger partial charge in [-0.05, 0) is 50.5 Å². The van der Waals surface area contributed by atoms with Gasteiger partial charge in [0, 0.05) is 13.1 Å². The highest BCUT2D eigenvalue weighted by Crippen LogP contribution is 2.47. The summed E-state index contributed by atoms with van der Waals surface area (Å²) in [4.78, 5) is 13.8. The molecule has 3 atom stereocenters. The van der Waals surface area contributed by atoms with Crippen LogP contribution in [0.15, 0.2) is 0 Å². The number of rotatable bonds is 2. The number of carbonyl (C=O) groups is 1. The zero-order valence-corrected chi connectivity index (χ0v) is 10.1. The van der Waals surface area contributed by atoms with E-state index in [-0.39, 0.29) is 11.9 Å². The van der Waals surface area contributed by atoms with Gasteiger partial charge in [0.1, 0.15) is 0 Å². The first-order valence-electron chi connectivity index (χ1n) is 6.31. The molecule has 1 heterocycles. The zero-order valence-electron chi connectivity index (χ0n) is 10.1. The van der Waals surface area contributed by atoms with E-state index in [1.807, 2.05) is 4.90 Å². The molecule has 4 N–H and O–H groups in total. The van der Waals surface area contributed by atoms with Gasteiger partial charge in [0.2, 0.25) is 5.91 Å². The second-order valence-electron chi connectivity index (χ2n) is 5.64. The molecule has 1 spiro atoms. The molecule has 0 aromatic rings. The molecule has 0 aromatic heterocycles. The Balaban J connectivity index is 1.95. The second kappa shape index (κ2) is 4.34. The predicted molar refractivity (Wildman–Crippen MR) is 63.7 cm³/mol. The molecule has 2 rings (SSSR count). The summed E-state index contributed by atoms with van der Waals surface area (Å²) in [6, 6.07) is -0.359. The summed E-state index contributed by atoms with van der Waals surface area (Å²) in [5.41, 5.74) is 11.7. The van der Waals surface area contributed by atoms with E-state index >= 15 is 0 Å². The fourth-order valence-corrected chi connectivity index (χ4v) is 3.31. The van der Waals surface area contributed by atoms with Crippen LogP contribution in [0.1, 0.15) is 32.6 Å². The monoisotopic (exact) mass is 225 g/mol. The van der Waals surface area contributed by atoms with Gasteiger partial charge in [-0.15, -0.1) is 0 Å². The molecular weight excluding hydrogens is 202 g/mol. The summed E-state index contributed by atoms with van der Waals surface area (Å²) in [5, 5.41) is 0. The number of likely N-dealkylation sites (tertiary alicyclic amines) is 1. The van der Waals surface area contributed by atoms with Crippen molar-refractivity contribution in [3.8, 4) is 0 Å². The molecule has 2 fully saturated rings. The summed E-state index contributed by atoms with van der Waals surface area (Å²) >= 11 is 0. The Labute approximate surface area is 97.3 Å². The van der Waals surface area contributed by atoms with Gasteiger partial charge in [-0.25, -0.2) is 0 Å². The van der Waals surface area contributed by atoms with Crippen LogP contribution in [-0.2, 0) is 4.79 Å². The lowest BCUT2D eigenvalue weighted by molar-refractivity contribution is -0.131. The lowest BCUT2D eigenvalue weighted by Gasteiger charge is -2.25. The molecule has 1 saturated carbocycles. The van der Waals surface area contributed by atoms with E-state index in [0.29, 0.717) is 11.3 Å². The van der Waals surface area contributed by atoms with Crippen LogP contribution in [0.4, 0.5) is 0 Å². The van der Waals surface area contributed by atoms with Crippen molar-refractivity contribution in [3.63, 3.8) is 0 Å². The summed E-state index contributed by atoms with van der Waals surface area (Å²) in [7, 11) is 0. The smallest absolute Gasteiger partial charge is 0.239 e. The molecule has 16 heavy (non-hydrogen) atoms. The Kier molecular flexibility index (Phi) is 3.22. The maximum absolute atomic E-state index is 11.8. The van der Waals surface area contributed by atoms with Gasteiger partial charge in [0.05, 0.1) is 6.04 Å². The maximum atomic E-state index is 11.8. The minimum Gasteiger partial charge on any atom is -0.341 e. The number of nitrogens with two attached hydrogens (primary N) is 2. The van der Waals surface area contributed by atoms with Crippen molar-refractivity contribution in [1.82, 2.24) is 4.90 Å². The van der Waals surface area contributed by atoms with Crippen LogP contribution in [0.25, 0.3) is 0 Å². The van der Waals surface area contributed by atoms with E-state index in [1.165, 1.54) is 19.3 Å². The highest BCUT2D eigenvalue weighted by atomic mass is 16.2. The first kappa shape index (κ1) is 11.9. The van der Waals surface area contributed by atoms with Crippen LogP contribution < -0.4 is 11.5 Å². The topological polar surface area (TPSA) is 72.4 Å². The molecule has 1 aliphatic carbocycles. The average Bonchev–Trinajstić information content (AvgIpc) is 2.85. The molecule has 1 aliphatic heterocycles. The van der Waals surface area contributed by atoms with Crippen molar-refractivity contribution in [2.24, 2.45) is 22.8 Å². The van der Waals surface area contributed by atoms with Crippen molar-refractivity contribution in [2.75, 3.05) is 19.6 Å². The Morgan fingerprint density at radius 1 is 1.56 bits per heavy atom. The third kappa shape index (κ3) is 2.09. The Morgan fingerprint density at radius 2 is 2.31 bits per heavy atom. The largest absolute Gasteiger partial charge is 0.341 e. The van der Waals surface area contributed by atoms with Crippen LogP contribution in [0.5, 0.6) is 0 Å². The number of hydrogen-bond donors (Lipinski definition) is 2. The van der Waals surface area contributed by atoms with Crippen LogP contribution in [-0.4, -0.2) is 36.5 Å². The number of hydrogen-bond acceptors (Lipinski definition) is 3. The quantitative estimate of drug-likeness (QED) is 0.710. The van der Waals surface area contributed by atoms with E-state index in [9.17, 15) is 4.79 Å². The minimum absolute atomic E-state index is 0.105. The predicted octanol–water partition coefficient (Wildman–Crippen LogP) is 0.311. The van der Waals surface area contributed by atoms with E-state index in [4.69, 9.17) is 11.5 Å². The molecule has 0 unspecified atom stereocenters. The molecule has 92 valence electrons. The molecule has 0 bridgehead atoms. The fraction of sp³-hybridized carbons (Fsp3) is 0.917. The van der Waals surface area contributed by atoms with Crippen molar-refractivity contribution in [2.45, 2.75) is 38.6 Å². The van der Waals surface area contributed by atoms with Gasteiger partial charge in [-0.2, -0.15) is 0 Å². The van der Waals surface area contributed by atoms with Crippen LogP contribution in [0.2, 0.25) is 0 Å². The van der Waals surface area contributed by atoms with E-state index in [0.717, 1.165) is 26.1 Å². The fourth-order valence-electron chi connectivity index (χ4n) is 3.31. The standard InChI is InChI=1S/C12H23N3O/c1-9(14)11(16)15-5-4-12(8-15)3-2-10(6-12)7-13/h9-10H,2-8,13-14H2,1H3/t9-,10-,12+/m1/s1. The molecule has 0 radical (unpaired) electrons. The SMILES string of the molecule is C[C@@H](N)C(=O)N1CC[C@]2(CC[C@@H](CN)C2)C1. The van der Waals surface area contributed by atoms with Crippen molar-refractivity contribution >= 4 is 5.91 Å². The second-order valence-corrected chi connectivity index (χ2v) is 5.64. The highest BCUT2D eigenvalue weighted by Gasteiger charge is 2.44. The Morgan fingerprint density at radius 3 is 2.88 bits per heavy atom. The van der Waals surface area contributed by atoms with Crippen molar-refractivity contribution in [3.05, 3.63) is 0 Å². The molecule has 1 saturated heterocycles. The van der Waals surface area contributed by atoms with E-state index in [2.05, 4.69) is 0 Å². The average molecular weight is 225 g/mol. The number of amides is 1. The molecule has 4 heteroatoms. The van der Waals surface area contributed by atoms with Gasteiger partial charge in [0.25, 0.3) is 0 Å². The third-order valence-electron chi connectivity index (χ3n) is 4.28. The summed E-state index contributed by atoms with van der Waals surface area (Å²) in [6.45, 7) is 4.36. The van der Waals surface area contributed by atoms with Crippen LogP contribution in [0.3, 0.4) is 0 Å². The van der Waals surface area contributed by atoms with Gasteiger partial charge < -0.3 is 16.4 Å². The van der Waals surface area contributed by atoms with Crippen molar-refractivity contribution < 1.29 is 4.79 Å². The van der Waals surface area contributed by atoms with Gasteiger partial charge >= 0.3 is 0 Å².